The molecular formula is C16H26FNO2. The molecule has 0 atom stereocenters. The van der Waals surface area contributed by atoms with Crippen LogP contribution in [-0.4, -0.2) is 18.1 Å². The van der Waals surface area contributed by atoms with Crippen LogP contribution in [0.1, 0.15) is 45.7 Å². The Hall–Kier alpha value is -1.42. The molecule has 1 aromatic carbocycles. The number of ether oxygens (including phenoxy) is 1. The average Bonchev–Trinajstić information content (AvgIpc) is 2.34. The minimum atomic E-state index is -0.477. The van der Waals surface area contributed by atoms with Gasteiger partial charge in [0.25, 0.3) is 0 Å². The van der Waals surface area contributed by atoms with Crippen molar-refractivity contribution in [3.63, 3.8) is 0 Å². The van der Waals surface area contributed by atoms with E-state index in [0.29, 0.717) is 12.1 Å². The fourth-order valence-corrected chi connectivity index (χ4v) is 1.43. The summed E-state index contributed by atoms with van der Waals surface area (Å²) >= 11 is 0. The Bertz CT molecular complexity index is 425. The van der Waals surface area contributed by atoms with Crippen molar-refractivity contribution in [2.24, 2.45) is 0 Å². The molecule has 0 bridgehead atoms. The van der Waals surface area contributed by atoms with E-state index in [0.717, 1.165) is 5.56 Å². The van der Waals surface area contributed by atoms with E-state index in [9.17, 15) is 9.18 Å². The topological polar surface area (TPSA) is 38.3 Å². The van der Waals surface area contributed by atoms with Crippen LogP contribution in [0.15, 0.2) is 18.2 Å². The highest BCUT2D eigenvalue weighted by molar-refractivity contribution is 5.72. The van der Waals surface area contributed by atoms with Gasteiger partial charge in [-0.3, -0.25) is 4.79 Å². The molecule has 0 saturated heterocycles. The smallest absolute Gasteiger partial charge is 0.320 e. The SMILES string of the molecule is CC.Cc1ccc(CNCC(=O)OC(C)(C)C)cc1F. The van der Waals surface area contributed by atoms with E-state index < -0.39 is 5.60 Å². The minimum absolute atomic E-state index is 0.118. The van der Waals surface area contributed by atoms with Crippen LogP contribution in [0.2, 0.25) is 0 Å². The fourth-order valence-electron chi connectivity index (χ4n) is 1.43. The van der Waals surface area contributed by atoms with Crippen molar-refractivity contribution in [2.45, 2.75) is 53.7 Å². The second-order valence-corrected chi connectivity index (χ2v) is 5.27. The van der Waals surface area contributed by atoms with Crippen molar-refractivity contribution in [3.8, 4) is 0 Å². The van der Waals surface area contributed by atoms with Crippen LogP contribution in [0.4, 0.5) is 4.39 Å². The van der Waals surface area contributed by atoms with Crippen molar-refractivity contribution in [1.29, 1.82) is 0 Å². The number of benzene rings is 1. The van der Waals surface area contributed by atoms with Gasteiger partial charge in [-0.1, -0.05) is 26.0 Å². The standard InChI is InChI=1S/C14H20FNO2.C2H6/c1-10-5-6-11(7-12(10)15)8-16-9-13(17)18-14(2,3)4;1-2/h5-7,16H,8-9H2,1-4H3;1-2H3. The lowest BCUT2D eigenvalue weighted by molar-refractivity contribution is -0.153. The molecule has 114 valence electrons. The first-order valence-electron chi connectivity index (χ1n) is 6.95. The first-order chi connectivity index (χ1) is 9.28. The third kappa shape index (κ3) is 7.89. The summed E-state index contributed by atoms with van der Waals surface area (Å²) in [6, 6.07) is 5.03. The van der Waals surface area contributed by atoms with Gasteiger partial charge in [-0.05, 0) is 44.9 Å². The van der Waals surface area contributed by atoms with Gasteiger partial charge in [0.05, 0.1) is 6.54 Å². The molecule has 0 saturated carbocycles. The van der Waals surface area contributed by atoms with Gasteiger partial charge in [-0.2, -0.15) is 0 Å². The van der Waals surface area contributed by atoms with E-state index >= 15 is 0 Å². The molecule has 0 aliphatic rings. The van der Waals surface area contributed by atoms with Crippen LogP contribution in [0, 0.1) is 12.7 Å². The highest BCUT2D eigenvalue weighted by Gasteiger charge is 2.15. The Balaban J connectivity index is 0.00000172. The summed E-state index contributed by atoms with van der Waals surface area (Å²) < 4.78 is 18.4. The molecule has 0 aliphatic carbocycles. The summed E-state index contributed by atoms with van der Waals surface area (Å²) in [5.41, 5.74) is 0.946. The lowest BCUT2D eigenvalue weighted by Crippen LogP contribution is -2.31. The van der Waals surface area contributed by atoms with Crippen molar-refractivity contribution in [2.75, 3.05) is 6.54 Å². The molecule has 0 spiro atoms. The van der Waals surface area contributed by atoms with E-state index in [-0.39, 0.29) is 18.3 Å². The number of aryl methyl sites for hydroxylation is 1. The lowest BCUT2D eigenvalue weighted by Gasteiger charge is -2.19. The highest BCUT2D eigenvalue weighted by atomic mass is 19.1. The third-order valence-corrected chi connectivity index (χ3v) is 2.25. The molecule has 0 aliphatic heterocycles. The van der Waals surface area contributed by atoms with Gasteiger partial charge in [0.15, 0.2) is 0 Å². The number of hydrogen-bond acceptors (Lipinski definition) is 3. The largest absolute Gasteiger partial charge is 0.459 e. The number of hydrogen-bond donors (Lipinski definition) is 1. The van der Waals surface area contributed by atoms with E-state index in [2.05, 4.69) is 5.32 Å². The maximum absolute atomic E-state index is 13.3. The Morgan fingerprint density at radius 1 is 1.30 bits per heavy atom. The maximum atomic E-state index is 13.3. The average molecular weight is 283 g/mol. The first kappa shape index (κ1) is 18.6. The van der Waals surface area contributed by atoms with Gasteiger partial charge in [0, 0.05) is 6.54 Å². The second kappa shape index (κ2) is 8.69. The van der Waals surface area contributed by atoms with Crippen LogP contribution in [0.5, 0.6) is 0 Å². The third-order valence-electron chi connectivity index (χ3n) is 2.25. The van der Waals surface area contributed by atoms with Crippen molar-refractivity contribution < 1.29 is 13.9 Å². The lowest BCUT2D eigenvalue weighted by atomic mass is 10.1. The van der Waals surface area contributed by atoms with Crippen LogP contribution < -0.4 is 5.32 Å². The molecule has 1 N–H and O–H groups in total. The molecule has 0 aromatic heterocycles. The Morgan fingerprint density at radius 3 is 2.40 bits per heavy atom. The van der Waals surface area contributed by atoms with Gasteiger partial charge in [-0.25, -0.2) is 4.39 Å². The summed E-state index contributed by atoms with van der Waals surface area (Å²) in [5.74, 6) is -0.540. The maximum Gasteiger partial charge on any atom is 0.320 e. The summed E-state index contributed by atoms with van der Waals surface area (Å²) in [7, 11) is 0. The zero-order valence-corrected chi connectivity index (χ0v) is 13.3. The van der Waals surface area contributed by atoms with E-state index in [1.807, 2.05) is 40.7 Å². The quantitative estimate of drug-likeness (QED) is 0.858. The minimum Gasteiger partial charge on any atom is -0.459 e. The van der Waals surface area contributed by atoms with E-state index in [1.165, 1.54) is 6.07 Å². The van der Waals surface area contributed by atoms with E-state index in [1.54, 1.807) is 13.0 Å². The summed E-state index contributed by atoms with van der Waals surface area (Å²) in [6.45, 7) is 11.7. The van der Waals surface area contributed by atoms with Crippen LogP contribution in [0.25, 0.3) is 0 Å². The molecule has 1 rings (SSSR count). The molecule has 0 heterocycles. The molecule has 1 aromatic rings. The van der Waals surface area contributed by atoms with E-state index in [4.69, 9.17) is 4.74 Å². The van der Waals surface area contributed by atoms with Crippen LogP contribution >= 0.6 is 0 Å². The Labute approximate surface area is 121 Å². The van der Waals surface area contributed by atoms with Crippen molar-refractivity contribution in [3.05, 3.63) is 35.1 Å². The molecule has 4 heteroatoms. The highest BCUT2D eigenvalue weighted by Crippen LogP contribution is 2.09. The molecule has 0 unspecified atom stereocenters. The van der Waals surface area contributed by atoms with Gasteiger partial charge in [-0.15, -0.1) is 0 Å². The fraction of sp³-hybridized carbons (Fsp3) is 0.562. The molecule has 0 radical (unpaired) electrons. The molecule has 0 fully saturated rings. The number of nitrogens with one attached hydrogen (secondary N) is 1. The molecule has 0 amide bonds. The molecule has 3 nitrogen and oxygen atoms in total. The number of esters is 1. The van der Waals surface area contributed by atoms with Crippen LogP contribution in [0.3, 0.4) is 0 Å². The van der Waals surface area contributed by atoms with Crippen molar-refractivity contribution in [1.82, 2.24) is 5.32 Å². The van der Waals surface area contributed by atoms with Crippen molar-refractivity contribution >= 4 is 5.97 Å². The number of halogens is 1. The zero-order chi connectivity index (χ0) is 15.8. The second-order valence-electron chi connectivity index (χ2n) is 5.27. The number of carbonyl (C=O) groups excluding carboxylic acids is 1. The number of carbonyl (C=O) groups is 1. The predicted molar refractivity (Wildman–Crippen MR) is 80.0 cm³/mol. The van der Waals surface area contributed by atoms with Gasteiger partial charge >= 0.3 is 5.97 Å². The zero-order valence-electron chi connectivity index (χ0n) is 13.3. The molecular weight excluding hydrogens is 257 g/mol. The van der Waals surface area contributed by atoms with Gasteiger partial charge in [0.1, 0.15) is 11.4 Å². The Morgan fingerprint density at radius 2 is 1.90 bits per heavy atom. The predicted octanol–water partition coefficient (Wildman–Crippen LogP) is 3.59. The Kier molecular flexibility index (Phi) is 8.07. The number of rotatable bonds is 4. The normalized spacial score (nSPS) is 10.6. The summed E-state index contributed by atoms with van der Waals surface area (Å²) in [4.78, 5) is 11.4. The summed E-state index contributed by atoms with van der Waals surface area (Å²) in [5, 5.41) is 2.93. The van der Waals surface area contributed by atoms with Gasteiger partial charge in [0.2, 0.25) is 0 Å². The van der Waals surface area contributed by atoms with Gasteiger partial charge < -0.3 is 10.1 Å². The monoisotopic (exact) mass is 283 g/mol. The summed E-state index contributed by atoms with van der Waals surface area (Å²) in [6.07, 6.45) is 0. The van der Waals surface area contributed by atoms with Crippen LogP contribution in [-0.2, 0) is 16.1 Å². The molecule has 20 heavy (non-hydrogen) atoms. The first-order valence-corrected chi connectivity index (χ1v) is 6.95.